The predicted molar refractivity (Wildman–Crippen MR) is 77.9 cm³/mol. The quantitative estimate of drug-likeness (QED) is 0.859. The van der Waals surface area contributed by atoms with Crippen LogP contribution in [0.5, 0.6) is 0 Å². The Balaban J connectivity index is 2.24. The Morgan fingerprint density at radius 3 is 2.78 bits per heavy atom. The highest BCUT2D eigenvalue weighted by Crippen LogP contribution is 2.32. The van der Waals surface area contributed by atoms with E-state index in [0.717, 1.165) is 13.1 Å². The summed E-state index contributed by atoms with van der Waals surface area (Å²) in [4.78, 5) is 2.49. The monoisotopic (exact) mass is 246 g/mol. The van der Waals surface area contributed by atoms with Crippen molar-refractivity contribution in [2.24, 2.45) is 0 Å². The van der Waals surface area contributed by atoms with Crippen LogP contribution in [0.1, 0.15) is 43.9 Å². The molecule has 2 nitrogen and oxygen atoms in total. The second kappa shape index (κ2) is 6.35. The van der Waals surface area contributed by atoms with Gasteiger partial charge >= 0.3 is 0 Å². The standard InChI is InChI=1S/C16H26N2/c1-4-12-17-16-14-9-7-6-8-13(14)10-11-15(16)18(3)5-2/h6-9,15-17H,4-5,10-12H2,1-3H3. The largest absolute Gasteiger partial charge is 0.309 e. The first kappa shape index (κ1) is 13.6. The van der Waals surface area contributed by atoms with E-state index in [0.29, 0.717) is 12.1 Å². The molecule has 1 aromatic carbocycles. The highest BCUT2D eigenvalue weighted by molar-refractivity contribution is 5.34. The molecule has 2 unspecified atom stereocenters. The van der Waals surface area contributed by atoms with Crippen LogP contribution in [0.15, 0.2) is 24.3 Å². The molecule has 0 aromatic heterocycles. The van der Waals surface area contributed by atoms with Gasteiger partial charge in [-0.2, -0.15) is 0 Å². The van der Waals surface area contributed by atoms with Crippen molar-refractivity contribution >= 4 is 0 Å². The molecule has 2 rings (SSSR count). The topological polar surface area (TPSA) is 15.3 Å². The summed E-state index contributed by atoms with van der Waals surface area (Å²) in [7, 11) is 2.25. The van der Waals surface area contributed by atoms with Gasteiger partial charge in [0.15, 0.2) is 0 Å². The van der Waals surface area contributed by atoms with Gasteiger partial charge in [-0.05, 0) is 50.5 Å². The number of fused-ring (bicyclic) bond motifs is 1. The molecule has 18 heavy (non-hydrogen) atoms. The molecule has 0 spiro atoms. The molecule has 0 bridgehead atoms. The van der Waals surface area contributed by atoms with Gasteiger partial charge < -0.3 is 10.2 Å². The van der Waals surface area contributed by atoms with E-state index < -0.39 is 0 Å². The number of likely N-dealkylation sites (N-methyl/N-ethyl adjacent to an activating group) is 1. The zero-order valence-corrected chi connectivity index (χ0v) is 11.9. The van der Waals surface area contributed by atoms with Gasteiger partial charge in [-0.1, -0.05) is 38.1 Å². The molecule has 1 aromatic rings. The van der Waals surface area contributed by atoms with Crippen LogP contribution in [0.2, 0.25) is 0 Å². The summed E-state index contributed by atoms with van der Waals surface area (Å²) in [6.45, 7) is 6.71. The van der Waals surface area contributed by atoms with Crippen LogP contribution in [0.4, 0.5) is 0 Å². The summed E-state index contributed by atoms with van der Waals surface area (Å²) in [6, 6.07) is 10.1. The maximum absolute atomic E-state index is 3.75. The van der Waals surface area contributed by atoms with Crippen LogP contribution >= 0.6 is 0 Å². The molecule has 1 aliphatic carbocycles. The summed E-state index contributed by atoms with van der Waals surface area (Å²) in [6.07, 6.45) is 3.68. The molecule has 0 radical (unpaired) electrons. The van der Waals surface area contributed by atoms with Crippen LogP contribution in [0.3, 0.4) is 0 Å². The molecule has 0 aliphatic heterocycles. The van der Waals surface area contributed by atoms with E-state index in [-0.39, 0.29) is 0 Å². The highest BCUT2D eigenvalue weighted by Gasteiger charge is 2.30. The molecule has 0 saturated carbocycles. The molecule has 2 atom stereocenters. The fraction of sp³-hybridized carbons (Fsp3) is 0.625. The second-order valence-electron chi connectivity index (χ2n) is 5.31. The lowest BCUT2D eigenvalue weighted by atomic mass is 9.83. The van der Waals surface area contributed by atoms with Gasteiger partial charge in [0.2, 0.25) is 0 Å². The first-order valence-corrected chi connectivity index (χ1v) is 7.29. The lowest BCUT2D eigenvalue weighted by Crippen LogP contribution is -2.45. The van der Waals surface area contributed by atoms with Crippen LogP contribution < -0.4 is 5.32 Å². The van der Waals surface area contributed by atoms with E-state index in [2.05, 4.69) is 55.4 Å². The minimum atomic E-state index is 0.500. The third-order valence-corrected chi connectivity index (χ3v) is 4.16. The van der Waals surface area contributed by atoms with Crippen LogP contribution in [-0.4, -0.2) is 31.1 Å². The fourth-order valence-corrected chi connectivity index (χ4v) is 3.00. The first-order chi connectivity index (χ1) is 8.77. The van der Waals surface area contributed by atoms with Gasteiger partial charge in [-0.25, -0.2) is 0 Å². The zero-order valence-electron chi connectivity index (χ0n) is 11.9. The SMILES string of the molecule is CCCNC1c2ccccc2CCC1N(C)CC. The average Bonchev–Trinajstić information content (AvgIpc) is 2.43. The average molecular weight is 246 g/mol. The molecule has 100 valence electrons. The molecule has 0 heterocycles. The normalized spacial score (nSPS) is 23.1. The lowest BCUT2D eigenvalue weighted by molar-refractivity contribution is 0.180. The summed E-state index contributed by atoms with van der Waals surface area (Å²) in [5, 5.41) is 3.75. The van der Waals surface area contributed by atoms with Gasteiger partial charge in [-0.3, -0.25) is 0 Å². The Labute approximate surface area is 111 Å². The van der Waals surface area contributed by atoms with Gasteiger partial charge in [0, 0.05) is 12.1 Å². The van der Waals surface area contributed by atoms with Crippen molar-refractivity contribution in [3.8, 4) is 0 Å². The van der Waals surface area contributed by atoms with E-state index in [1.807, 2.05) is 0 Å². The Bertz CT molecular complexity index is 375. The number of hydrogen-bond acceptors (Lipinski definition) is 2. The fourth-order valence-electron chi connectivity index (χ4n) is 3.00. The minimum Gasteiger partial charge on any atom is -0.309 e. The van der Waals surface area contributed by atoms with Gasteiger partial charge in [-0.15, -0.1) is 0 Å². The maximum atomic E-state index is 3.75. The second-order valence-corrected chi connectivity index (χ2v) is 5.31. The predicted octanol–water partition coefficient (Wildman–Crippen LogP) is 2.99. The van der Waals surface area contributed by atoms with E-state index in [4.69, 9.17) is 0 Å². The number of hydrogen-bond donors (Lipinski definition) is 1. The number of aryl methyl sites for hydroxylation is 1. The molecular formula is C16H26N2. The molecule has 0 amide bonds. The van der Waals surface area contributed by atoms with E-state index in [1.54, 1.807) is 0 Å². The van der Waals surface area contributed by atoms with E-state index in [9.17, 15) is 0 Å². The molecule has 1 N–H and O–H groups in total. The van der Waals surface area contributed by atoms with Crippen molar-refractivity contribution in [1.82, 2.24) is 10.2 Å². The van der Waals surface area contributed by atoms with Crippen LogP contribution in [0, 0.1) is 0 Å². The number of nitrogens with one attached hydrogen (secondary N) is 1. The number of rotatable bonds is 5. The van der Waals surface area contributed by atoms with E-state index >= 15 is 0 Å². The summed E-state index contributed by atoms with van der Waals surface area (Å²) in [5.74, 6) is 0. The van der Waals surface area contributed by atoms with Crippen LogP contribution in [0.25, 0.3) is 0 Å². The summed E-state index contributed by atoms with van der Waals surface area (Å²) < 4.78 is 0. The highest BCUT2D eigenvalue weighted by atomic mass is 15.2. The number of nitrogens with zero attached hydrogens (tertiary/aromatic N) is 1. The number of benzene rings is 1. The van der Waals surface area contributed by atoms with Gasteiger partial charge in [0.1, 0.15) is 0 Å². The molecule has 1 aliphatic rings. The molecule has 0 saturated heterocycles. The molecule has 0 fully saturated rings. The molecule has 2 heteroatoms. The zero-order chi connectivity index (χ0) is 13.0. The van der Waals surface area contributed by atoms with Gasteiger partial charge in [0.05, 0.1) is 0 Å². The molecular weight excluding hydrogens is 220 g/mol. The van der Waals surface area contributed by atoms with Crippen molar-refractivity contribution < 1.29 is 0 Å². The Morgan fingerprint density at radius 2 is 2.06 bits per heavy atom. The summed E-state index contributed by atoms with van der Waals surface area (Å²) in [5.41, 5.74) is 3.05. The first-order valence-electron chi connectivity index (χ1n) is 7.29. The van der Waals surface area contributed by atoms with Crippen molar-refractivity contribution in [3.05, 3.63) is 35.4 Å². The van der Waals surface area contributed by atoms with Crippen molar-refractivity contribution in [3.63, 3.8) is 0 Å². The van der Waals surface area contributed by atoms with Crippen molar-refractivity contribution in [2.75, 3.05) is 20.1 Å². The maximum Gasteiger partial charge on any atom is 0.0480 e. The summed E-state index contributed by atoms with van der Waals surface area (Å²) >= 11 is 0. The Kier molecular flexibility index (Phi) is 4.79. The van der Waals surface area contributed by atoms with E-state index in [1.165, 1.54) is 30.4 Å². The van der Waals surface area contributed by atoms with Crippen LogP contribution in [-0.2, 0) is 6.42 Å². The minimum absolute atomic E-state index is 0.500. The smallest absolute Gasteiger partial charge is 0.0480 e. The Morgan fingerprint density at radius 1 is 1.28 bits per heavy atom. The Hall–Kier alpha value is -0.860. The van der Waals surface area contributed by atoms with Crippen molar-refractivity contribution in [1.29, 1.82) is 0 Å². The van der Waals surface area contributed by atoms with Crippen molar-refractivity contribution in [2.45, 2.75) is 45.2 Å². The third-order valence-electron chi connectivity index (χ3n) is 4.16. The van der Waals surface area contributed by atoms with Gasteiger partial charge in [0.25, 0.3) is 0 Å². The third kappa shape index (κ3) is 2.76. The lowest BCUT2D eigenvalue weighted by Gasteiger charge is -2.39.